The molecule has 0 saturated carbocycles. The van der Waals surface area contributed by atoms with Crippen LogP contribution in [0.25, 0.3) is 38.3 Å². The van der Waals surface area contributed by atoms with Gasteiger partial charge in [-0.15, -0.1) is 5.10 Å². The number of carboxylic acids is 1. The molecule has 0 aliphatic carbocycles. The van der Waals surface area contributed by atoms with Crippen molar-refractivity contribution in [3.05, 3.63) is 130 Å². The first-order valence-corrected chi connectivity index (χ1v) is 27.9. The van der Waals surface area contributed by atoms with Gasteiger partial charge in [0.25, 0.3) is 5.91 Å². The number of nitrogens with zero attached hydrogens (tertiary/aromatic N) is 12. The Kier molecular flexibility index (Phi) is 23.1. The second kappa shape index (κ2) is 31.6. The molecule has 0 spiro atoms. The lowest BCUT2D eigenvalue weighted by molar-refractivity contribution is -0.137. The van der Waals surface area contributed by atoms with Crippen molar-refractivity contribution in [1.82, 2.24) is 65.5 Å². The van der Waals surface area contributed by atoms with Gasteiger partial charge in [-0.2, -0.15) is 9.97 Å². The van der Waals surface area contributed by atoms with Crippen molar-refractivity contribution >= 4 is 80.4 Å². The number of carbonyl (C=O) groups is 3. The molecule has 2 atom stereocenters. The summed E-state index contributed by atoms with van der Waals surface area (Å²) in [6.45, 7) is 14.4. The largest absolute Gasteiger partial charge is 0.481 e. The van der Waals surface area contributed by atoms with Crippen LogP contribution in [0.3, 0.4) is 0 Å². The van der Waals surface area contributed by atoms with Gasteiger partial charge in [0, 0.05) is 54.8 Å². The number of carbonyl (C=O) groups excluding carboxylic acids is 2. The Morgan fingerprint density at radius 2 is 1.55 bits per heavy atom. The number of nitrogens with one attached hydrogen (secondary N) is 4. The summed E-state index contributed by atoms with van der Waals surface area (Å²) >= 11 is 6.69. The zero-order valence-electron chi connectivity index (χ0n) is 47.5. The monoisotopic (exact) mass is 1220 g/mol. The third-order valence-corrected chi connectivity index (χ3v) is 13.5. The number of nitrogens with two attached hydrogens (primary N) is 2. The Morgan fingerprint density at radius 1 is 0.816 bits per heavy atom. The maximum atomic E-state index is 15.5. The molecule has 9 N–H and O–H groups in total. The molecule has 8 aromatic rings. The standard InChI is InChI=1S/C57H63ClF2N18O9/c1-33(41-25-38(63-3)11-12-42(41)59)70-50-47(58)34(2)69-45-26-43(60)48(73-49(45)50)36-27-67-57(68-28-36)87-17-6-4-5-16-78-31-40(76-77-78)32-86-24-23-85-22-21-84-20-19-83-18-15-64-55(82)44(13-14-46(79)80)72-54(81)35-7-9-37(10-8-35)65-29-39-30-66-53-51(71-39)52(61)74-56(62)75-53/h7-12,25-28,30-31,33,44,65H,4-6,13-24,29,32H2,1-2H3,(H,64,82)(H,69,70)(H,72,81)(H,79,80)(H4,61,62,66,74,75)/t33-,44+/m1/s1. The van der Waals surface area contributed by atoms with Gasteiger partial charge in [0.2, 0.25) is 11.9 Å². The highest BCUT2D eigenvalue weighted by Gasteiger charge is 2.24. The van der Waals surface area contributed by atoms with Crippen LogP contribution in [0.5, 0.6) is 6.01 Å². The number of aryl methyl sites for hydroxylation is 2. The maximum absolute atomic E-state index is 15.5. The number of nitrogen functional groups attached to an aromatic ring is 2. The molecule has 0 aliphatic rings. The van der Waals surface area contributed by atoms with Crippen LogP contribution >= 0.6 is 11.6 Å². The fourth-order valence-corrected chi connectivity index (χ4v) is 8.74. The first kappa shape index (κ1) is 63.5. The molecule has 8 rings (SSSR count). The average Bonchev–Trinajstić information content (AvgIpc) is 1.48. The van der Waals surface area contributed by atoms with Gasteiger partial charge in [-0.25, -0.2) is 43.5 Å². The highest BCUT2D eigenvalue weighted by molar-refractivity contribution is 6.35. The average molecular weight is 1220 g/mol. The summed E-state index contributed by atoms with van der Waals surface area (Å²) in [6.07, 6.45) is 8.08. The molecule has 6 heterocycles. The molecule has 0 saturated heterocycles. The highest BCUT2D eigenvalue weighted by Crippen LogP contribution is 2.37. The smallest absolute Gasteiger partial charge is 0.316 e. The molecule has 0 fully saturated rings. The summed E-state index contributed by atoms with van der Waals surface area (Å²) in [5.41, 5.74) is 16.3. The summed E-state index contributed by atoms with van der Waals surface area (Å²) in [5, 5.41) is 29.5. The number of hydrogen-bond donors (Lipinski definition) is 7. The number of ether oxygens (including phenoxy) is 5. The summed E-state index contributed by atoms with van der Waals surface area (Å²) in [6, 6.07) is 10.2. The van der Waals surface area contributed by atoms with E-state index in [0.717, 1.165) is 12.8 Å². The lowest BCUT2D eigenvalue weighted by Crippen LogP contribution is -2.47. The molecule has 30 heteroatoms. The third kappa shape index (κ3) is 18.5. The number of benzene rings is 2. The Morgan fingerprint density at radius 3 is 2.29 bits per heavy atom. The Labute approximate surface area is 502 Å². The SMILES string of the molecule is [C-]#[N+]c1ccc(F)c([C@@H](C)Nc2c(Cl)c(C)nc3cc(F)c(-c4cnc(OCCCCCn5cc(COCCOCCOCCOCCNC(=O)[C@H](CCC(=O)O)NC(=O)c6ccc(NCc7cnc8nc(N)nc(N)c8n7)cc6)nn5)nc4)nc23)c1. The molecule has 6 aromatic heterocycles. The van der Waals surface area contributed by atoms with Gasteiger partial charge in [0.05, 0.1) is 119 Å². The van der Waals surface area contributed by atoms with Crippen molar-refractivity contribution in [3.8, 4) is 17.3 Å². The number of aliphatic carboxylic acids is 1. The molecule has 0 bridgehead atoms. The number of carboxylic acid groups (broad SMARTS) is 1. The van der Waals surface area contributed by atoms with E-state index in [2.05, 4.69) is 76.3 Å². The van der Waals surface area contributed by atoms with Gasteiger partial charge in [-0.05, 0) is 81.5 Å². The lowest BCUT2D eigenvalue weighted by Gasteiger charge is -2.20. The Bertz CT molecular complexity index is 3700. The quantitative estimate of drug-likeness (QED) is 0.0162. The number of hydrogen-bond acceptors (Lipinski definition) is 22. The molecule has 2 aromatic carbocycles. The zero-order valence-corrected chi connectivity index (χ0v) is 48.2. The number of halogens is 3. The van der Waals surface area contributed by atoms with Gasteiger partial charge in [-0.1, -0.05) is 22.9 Å². The van der Waals surface area contributed by atoms with Crippen LogP contribution in [0.1, 0.15) is 78.1 Å². The molecular weight excluding hydrogens is 1150 g/mol. The van der Waals surface area contributed by atoms with Crippen molar-refractivity contribution in [2.45, 2.75) is 77.7 Å². The fourth-order valence-electron chi connectivity index (χ4n) is 8.55. The Hall–Kier alpha value is -9.47. The minimum absolute atomic E-state index is 0.00380. The number of unbranched alkanes of at least 4 members (excludes halogenated alkanes) is 2. The number of rotatable bonds is 34. The lowest BCUT2D eigenvalue weighted by atomic mass is 10.1. The van der Waals surface area contributed by atoms with Crippen LogP contribution in [0, 0.1) is 25.1 Å². The van der Waals surface area contributed by atoms with Gasteiger partial charge < -0.3 is 61.5 Å². The summed E-state index contributed by atoms with van der Waals surface area (Å²) in [7, 11) is 0. The highest BCUT2D eigenvalue weighted by atomic mass is 35.5. The van der Waals surface area contributed by atoms with Crippen LogP contribution in [0.15, 0.2) is 73.3 Å². The summed E-state index contributed by atoms with van der Waals surface area (Å²) in [5.74, 6) is -3.26. The number of aromatic nitrogens is 11. The van der Waals surface area contributed by atoms with E-state index in [9.17, 15) is 23.9 Å². The molecular formula is C57H63ClF2N18O9. The predicted molar refractivity (Wildman–Crippen MR) is 315 cm³/mol. The molecule has 27 nitrogen and oxygen atoms in total. The van der Waals surface area contributed by atoms with Crippen molar-refractivity contribution in [1.29, 1.82) is 0 Å². The van der Waals surface area contributed by atoms with E-state index in [1.54, 1.807) is 42.8 Å². The predicted octanol–water partition coefficient (Wildman–Crippen LogP) is 6.75. The first-order chi connectivity index (χ1) is 42.1. The molecule has 0 unspecified atom stereocenters. The minimum Gasteiger partial charge on any atom is -0.481 e. The van der Waals surface area contributed by atoms with E-state index >= 15 is 4.39 Å². The van der Waals surface area contributed by atoms with Gasteiger partial charge >= 0.3 is 12.0 Å². The molecule has 2 amide bonds. The van der Waals surface area contributed by atoms with E-state index in [4.69, 9.17) is 53.3 Å². The second-order valence-corrected chi connectivity index (χ2v) is 19.8. The van der Waals surface area contributed by atoms with Crippen molar-refractivity contribution in [2.24, 2.45) is 0 Å². The van der Waals surface area contributed by atoms with E-state index in [-0.39, 0.29) is 120 Å². The van der Waals surface area contributed by atoms with E-state index in [1.807, 2.05) is 6.20 Å². The number of fused-ring (bicyclic) bond motifs is 2. The normalized spacial score (nSPS) is 12.0. The van der Waals surface area contributed by atoms with Crippen LogP contribution < -0.4 is 37.5 Å². The topological polar surface area (TPSA) is 356 Å². The number of anilines is 4. The summed E-state index contributed by atoms with van der Waals surface area (Å²) in [4.78, 5) is 74.9. The number of amides is 2. The van der Waals surface area contributed by atoms with Gasteiger partial charge in [0.1, 0.15) is 28.8 Å². The van der Waals surface area contributed by atoms with E-state index in [1.165, 1.54) is 42.9 Å². The number of pyridine rings is 2. The van der Waals surface area contributed by atoms with Gasteiger partial charge in [-0.3, -0.25) is 19.1 Å². The minimum atomic E-state index is -1.11. The van der Waals surface area contributed by atoms with Crippen LogP contribution in [-0.2, 0) is 48.2 Å². The summed E-state index contributed by atoms with van der Waals surface area (Å²) < 4.78 is 60.2. The van der Waals surface area contributed by atoms with Crippen LogP contribution in [-0.4, -0.2) is 143 Å². The van der Waals surface area contributed by atoms with E-state index < -0.39 is 41.5 Å². The van der Waals surface area contributed by atoms with Crippen molar-refractivity contribution in [2.75, 3.05) is 81.5 Å². The molecule has 0 radical (unpaired) electrons. The fraction of sp³-hybridized carbons (Fsp3) is 0.368. The Balaban J connectivity index is 0.636. The second-order valence-electron chi connectivity index (χ2n) is 19.5. The zero-order chi connectivity index (χ0) is 61.7. The molecule has 456 valence electrons. The molecule has 0 aliphatic heterocycles. The van der Waals surface area contributed by atoms with Crippen molar-refractivity contribution < 1.29 is 52.0 Å². The molecule has 87 heavy (non-hydrogen) atoms. The van der Waals surface area contributed by atoms with Crippen molar-refractivity contribution in [3.63, 3.8) is 0 Å². The van der Waals surface area contributed by atoms with E-state index in [0.29, 0.717) is 80.0 Å². The first-order valence-electron chi connectivity index (χ1n) is 27.6. The van der Waals surface area contributed by atoms with Gasteiger partial charge in [0.15, 0.2) is 28.5 Å². The maximum Gasteiger partial charge on any atom is 0.316 e. The third-order valence-electron chi connectivity index (χ3n) is 13.0. The van der Waals surface area contributed by atoms with Crippen LogP contribution in [0.4, 0.5) is 37.6 Å². The van der Waals surface area contributed by atoms with Crippen LogP contribution in [0.2, 0.25) is 5.02 Å².